The van der Waals surface area contributed by atoms with Gasteiger partial charge in [0.1, 0.15) is 5.54 Å². The van der Waals surface area contributed by atoms with Crippen molar-refractivity contribution >= 4 is 11.9 Å². The van der Waals surface area contributed by atoms with Crippen molar-refractivity contribution in [1.29, 1.82) is 0 Å². The van der Waals surface area contributed by atoms with Crippen LogP contribution in [0.15, 0.2) is 23.0 Å². The lowest BCUT2D eigenvalue weighted by molar-refractivity contribution is -0.149. The number of hydrogen-bond donors (Lipinski definition) is 2. The van der Waals surface area contributed by atoms with Gasteiger partial charge in [-0.2, -0.15) is 4.98 Å². The zero-order valence-corrected chi connectivity index (χ0v) is 14.5. The highest BCUT2D eigenvalue weighted by Gasteiger charge is 2.42. The largest absolute Gasteiger partial charge is 0.480 e. The molecule has 0 aliphatic heterocycles. The molecule has 0 radical (unpaired) electrons. The number of aromatic nitrogens is 4. The van der Waals surface area contributed by atoms with Crippen molar-refractivity contribution in [3.8, 4) is 11.6 Å². The number of rotatable bonds is 6. The van der Waals surface area contributed by atoms with Gasteiger partial charge in [-0.1, -0.05) is 12.1 Å². The van der Waals surface area contributed by atoms with E-state index in [1.165, 1.54) is 0 Å². The molecule has 9 nitrogen and oxygen atoms in total. The van der Waals surface area contributed by atoms with Crippen LogP contribution in [0.2, 0.25) is 0 Å². The molecule has 1 amide bonds. The van der Waals surface area contributed by atoms with Gasteiger partial charge in [0.2, 0.25) is 23.4 Å². The summed E-state index contributed by atoms with van der Waals surface area (Å²) in [4.78, 5) is 36.2. The highest BCUT2D eigenvalue weighted by molar-refractivity contribution is 5.87. The van der Waals surface area contributed by atoms with Crippen LogP contribution in [0.5, 0.6) is 0 Å². The summed E-state index contributed by atoms with van der Waals surface area (Å²) in [6.07, 6.45) is 5.91. The van der Waals surface area contributed by atoms with Crippen molar-refractivity contribution in [2.75, 3.05) is 0 Å². The molecule has 0 bridgehead atoms. The second kappa shape index (κ2) is 7.59. The molecule has 2 N–H and O–H groups in total. The van der Waals surface area contributed by atoms with Gasteiger partial charge in [-0.15, -0.1) is 0 Å². The Hall–Kier alpha value is -2.84. The van der Waals surface area contributed by atoms with Crippen LogP contribution < -0.4 is 5.32 Å². The van der Waals surface area contributed by atoms with Gasteiger partial charge in [0.15, 0.2) is 0 Å². The normalized spacial score (nSPS) is 22.7. The molecule has 3 rings (SSSR count). The molecule has 26 heavy (non-hydrogen) atoms. The van der Waals surface area contributed by atoms with Crippen LogP contribution >= 0.6 is 0 Å². The van der Waals surface area contributed by atoms with E-state index in [9.17, 15) is 14.7 Å². The van der Waals surface area contributed by atoms with Gasteiger partial charge in [-0.3, -0.25) is 4.79 Å². The summed E-state index contributed by atoms with van der Waals surface area (Å²) in [5, 5.41) is 16.1. The molecule has 2 aromatic rings. The number of carbonyl (C=O) groups is 2. The summed E-state index contributed by atoms with van der Waals surface area (Å²) < 4.78 is 5.11. The second-order valence-corrected chi connectivity index (χ2v) is 6.70. The SMILES string of the molecule is CC1CCC(NC(=O)CCc2nc(-c3ncccn3)no2)(C(=O)O)CC1. The molecule has 138 valence electrons. The van der Waals surface area contributed by atoms with Crippen molar-refractivity contribution in [3.63, 3.8) is 0 Å². The quantitative estimate of drug-likeness (QED) is 0.795. The Bertz CT molecular complexity index is 768. The summed E-state index contributed by atoms with van der Waals surface area (Å²) in [6.45, 7) is 2.09. The zero-order chi connectivity index (χ0) is 18.6. The molecule has 0 atom stereocenters. The summed E-state index contributed by atoms with van der Waals surface area (Å²) >= 11 is 0. The molecular formula is C17H21N5O4. The molecule has 0 saturated heterocycles. The third-order valence-electron chi connectivity index (χ3n) is 4.72. The van der Waals surface area contributed by atoms with Crippen LogP contribution in [-0.2, 0) is 16.0 Å². The van der Waals surface area contributed by atoms with Gasteiger partial charge in [-0.05, 0) is 37.7 Å². The molecule has 1 saturated carbocycles. The minimum Gasteiger partial charge on any atom is -0.480 e. The van der Waals surface area contributed by atoms with Crippen molar-refractivity contribution < 1.29 is 19.2 Å². The molecule has 0 spiro atoms. The van der Waals surface area contributed by atoms with Crippen LogP contribution in [0.25, 0.3) is 11.6 Å². The van der Waals surface area contributed by atoms with E-state index in [-0.39, 0.29) is 30.5 Å². The Morgan fingerprint density at radius 1 is 1.27 bits per heavy atom. The van der Waals surface area contributed by atoms with Gasteiger partial charge in [0.25, 0.3) is 0 Å². The predicted octanol–water partition coefficient (Wildman–Crippen LogP) is 1.61. The standard InChI is InChI=1S/C17H21N5O4/c1-11-5-7-17(8-6-11,16(24)25)21-12(23)3-4-13-20-15(22-26-13)14-18-9-2-10-19-14/h2,9-11H,3-8H2,1H3,(H,21,23)(H,24,25). The first-order chi connectivity index (χ1) is 12.5. The van der Waals surface area contributed by atoms with E-state index in [0.717, 1.165) is 12.8 Å². The van der Waals surface area contributed by atoms with Gasteiger partial charge in [-0.25, -0.2) is 14.8 Å². The van der Waals surface area contributed by atoms with Gasteiger partial charge >= 0.3 is 5.97 Å². The lowest BCUT2D eigenvalue weighted by Crippen LogP contribution is -2.56. The minimum atomic E-state index is -1.17. The third kappa shape index (κ3) is 4.04. The molecule has 0 unspecified atom stereocenters. The predicted molar refractivity (Wildman–Crippen MR) is 89.8 cm³/mol. The van der Waals surface area contributed by atoms with Gasteiger partial charge < -0.3 is 14.9 Å². The lowest BCUT2D eigenvalue weighted by Gasteiger charge is -2.36. The topological polar surface area (TPSA) is 131 Å². The summed E-state index contributed by atoms with van der Waals surface area (Å²) in [6, 6.07) is 1.68. The van der Waals surface area contributed by atoms with Crippen LogP contribution in [0.3, 0.4) is 0 Å². The molecular weight excluding hydrogens is 338 g/mol. The van der Waals surface area contributed by atoms with Crippen LogP contribution in [-0.4, -0.2) is 42.6 Å². The molecule has 1 aliphatic carbocycles. The summed E-state index contributed by atoms with van der Waals surface area (Å²) in [5.74, 6) is 0.0507. The Labute approximate surface area is 150 Å². The summed E-state index contributed by atoms with van der Waals surface area (Å²) in [5.41, 5.74) is -1.17. The number of aryl methyl sites for hydroxylation is 1. The third-order valence-corrected chi connectivity index (χ3v) is 4.72. The van der Waals surface area contributed by atoms with Crippen LogP contribution in [0.4, 0.5) is 0 Å². The molecule has 1 aliphatic rings. The Morgan fingerprint density at radius 3 is 2.62 bits per heavy atom. The van der Waals surface area contributed by atoms with Crippen LogP contribution in [0, 0.1) is 5.92 Å². The first-order valence-corrected chi connectivity index (χ1v) is 8.63. The van der Waals surface area contributed by atoms with Crippen LogP contribution in [0.1, 0.15) is 44.9 Å². The van der Waals surface area contributed by atoms with Crippen molar-refractivity contribution in [2.45, 2.75) is 51.0 Å². The Morgan fingerprint density at radius 2 is 1.96 bits per heavy atom. The van der Waals surface area contributed by atoms with Gasteiger partial charge in [0, 0.05) is 25.2 Å². The highest BCUT2D eigenvalue weighted by atomic mass is 16.5. The molecule has 9 heteroatoms. The van der Waals surface area contributed by atoms with E-state index in [1.807, 2.05) is 0 Å². The van der Waals surface area contributed by atoms with E-state index >= 15 is 0 Å². The number of carboxylic acid groups (broad SMARTS) is 1. The van der Waals surface area contributed by atoms with Crippen molar-refractivity contribution in [3.05, 3.63) is 24.4 Å². The average molecular weight is 359 g/mol. The number of carbonyl (C=O) groups excluding carboxylic acids is 1. The Kier molecular flexibility index (Phi) is 5.24. The summed E-state index contributed by atoms with van der Waals surface area (Å²) in [7, 11) is 0. The van der Waals surface area contributed by atoms with E-state index < -0.39 is 11.5 Å². The first-order valence-electron chi connectivity index (χ1n) is 8.63. The maximum Gasteiger partial charge on any atom is 0.329 e. The van der Waals surface area contributed by atoms with E-state index in [2.05, 4.69) is 32.3 Å². The second-order valence-electron chi connectivity index (χ2n) is 6.70. The van der Waals surface area contributed by atoms with E-state index in [1.54, 1.807) is 18.5 Å². The number of nitrogens with zero attached hydrogens (tertiary/aromatic N) is 4. The average Bonchev–Trinajstić information content (AvgIpc) is 3.12. The lowest BCUT2D eigenvalue weighted by atomic mass is 9.77. The number of carboxylic acids is 1. The molecule has 0 aromatic carbocycles. The smallest absolute Gasteiger partial charge is 0.329 e. The Balaban J connectivity index is 1.57. The fourth-order valence-corrected chi connectivity index (χ4v) is 3.06. The minimum absolute atomic E-state index is 0.0713. The maximum atomic E-state index is 12.3. The number of amides is 1. The fraction of sp³-hybridized carbons (Fsp3) is 0.529. The monoisotopic (exact) mass is 359 g/mol. The number of nitrogens with one attached hydrogen (secondary N) is 1. The van der Waals surface area contributed by atoms with Gasteiger partial charge in [0.05, 0.1) is 0 Å². The van der Waals surface area contributed by atoms with E-state index in [0.29, 0.717) is 24.6 Å². The van der Waals surface area contributed by atoms with Crippen molar-refractivity contribution in [1.82, 2.24) is 25.4 Å². The number of aliphatic carboxylic acids is 1. The highest BCUT2D eigenvalue weighted by Crippen LogP contribution is 2.32. The maximum absolute atomic E-state index is 12.3. The fourth-order valence-electron chi connectivity index (χ4n) is 3.06. The zero-order valence-electron chi connectivity index (χ0n) is 14.5. The first kappa shape index (κ1) is 18.0. The molecule has 1 fully saturated rings. The van der Waals surface area contributed by atoms with E-state index in [4.69, 9.17) is 4.52 Å². The number of hydrogen-bond acceptors (Lipinski definition) is 7. The molecule has 2 aromatic heterocycles. The van der Waals surface area contributed by atoms with Crippen molar-refractivity contribution in [2.24, 2.45) is 5.92 Å². The molecule has 2 heterocycles.